The summed E-state index contributed by atoms with van der Waals surface area (Å²) >= 11 is 12.8. The van der Waals surface area contributed by atoms with Crippen molar-refractivity contribution in [2.75, 3.05) is 16.8 Å². The van der Waals surface area contributed by atoms with Gasteiger partial charge in [-0.05, 0) is 49.4 Å². The van der Waals surface area contributed by atoms with Crippen LogP contribution in [-0.2, 0) is 19.1 Å². The van der Waals surface area contributed by atoms with Gasteiger partial charge in [0, 0.05) is 6.07 Å². The van der Waals surface area contributed by atoms with Gasteiger partial charge in [-0.25, -0.2) is 4.79 Å². The summed E-state index contributed by atoms with van der Waals surface area (Å²) in [6.07, 6.45) is 0.692. The highest BCUT2D eigenvalue weighted by atomic mass is 35.5. The molecule has 3 aliphatic rings. The first kappa shape index (κ1) is 21.9. The Morgan fingerprint density at radius 1 is 1.12 bits per heavy atom. The van der Waals surface area contributed by atoms with Crippen LogP contribution in [0.4, 0.5) is 11.5 Å². The van der Waals surface area contributed by atoms with Gasteiger partial charge in [0.25, 0.3) is 5.91 Å². The molecule has 1 aromatic carbocycles. The smallest absolute Gasteiger partial charge is 0.338 e. The van der Waals surface area contributed by atoms with Crippen LogP contribution in [0.25, 0.3) is 0 Å². The molecule has 2 bridgehead atoms. The molecule has 3 amide bonds. The number of hydrogen-bond acceptors (Lipinski definition) is 7. The van der Waals surface area contributed by atoms with Crippen LogP contribution in [0.15, 0.2) is 34.9 Å². The fourth-order valence-corrected chi connectivity index (χ4v) is 6.06. The van der Waals surface area contributed by atoms with E-state index in [-0.39, 0.29) is 45.8 Å². The number of benzene rings is 1. The van der Waals surface area contributed by atoms with E-state index in [9.17, 15) is 19.2 Å². The molecule has 1 aromatic heterocycles. The first-order valence-electron chi connectivity index (χ1n) is 10.4. The van der Waals surface area contributed by atoms with E-state index in [1.54, 1.807) is 6.92 Å². The van der Waals surface area contributed by atoms with Crippen LogP contribution in [0, 0.1) is 30.6 Å². The highest BCUT2D eigenvalue weighted by Crippen LogP contribution is 2.59. The molecule has 0 spiro atoms. The number of ether oxygens (including phenoxy) is 1. The summed E-state index contributed by atoms with van der Waals surface area (Å²) in [7, 11) is 0. The van der Waals surface area contributed by atoms with E-state index in [1.807, 2.05) is 0 Å². The molecule has 0 radical (unpaired) electrons. The summed E-state index contributed by atoms with van der Waals surface area (Å²) in [5, 5.41) is 5.42. The van der Waals surface area contributed by atoms with Gasteiger partial charge in [0.1, 0.15) is 5.76 Å². The van der Waals surface area contributed by atoms with E-state index in [0.29, 0.717) is 17.9 Å². The minimum atomic E-state index is -0.725. The van der Waals surface area contributed by atoms with E-state index >= 15 is 0 Å². The quantitative estimate of drug-likeness (QED) is 0.387. The minimum Gasteiger partial charge on any atom is -0.452 e. The third-order valence-electron chi connectivity index (χ3n) is 6.58. The Kier molecular flexibility index (Phi) is 5.41. The van der Waals surface area contributed by atoms with E-state index in [2.05, 4.69) is 10.5 Å². The van der Waals surface area contributed by atoms with Gasteiger partial charge in [-0.3, -0.25) is 19.3 Å². The molecule has 1 aliphatic heterocycles. The summed E-state index contributed by atoms with van der Waals surface area (Å²) in [5.41, 5.74) is 0.538. The van der Waals surface area contributed by atoms with E-state index in [1.165, 1.54) is 30.3 Å². The lowest BCUT2D eigenvalue weighted by Crippen LogP contribution is -2.37. The highest BCUT2D eigenvalue weighted by Gasteiger charge is 2.66. The number of aromatic nitrogens is 1. The van der Waals surface area contributed by atoms with Crippen LogP contribution in [0.1, 0.15) is 22.5 Å². The molecule has 2 aliphatic carbocycles. The number of rotatable bonds is 5. The maximum atomic E-state index is 13.0. The van der Waals surface area contributed by atoms with Gasteiger partial charge in [0.15, 0.2) is 12.4 Å². The fourth-order valence-electron chi connectivity index (χ4n) is 5.17. The Balaban J connectivity index is 1.23. The molecular formula is C22H19Cl2N3O6. The molecule has 172 valence electrons. The number of anilines is 2. The lowest BCUT2D eigenvalue weighted by Gasteiger charge is -2.28. The monoisotopic (exact) mass is 491 g/mol. The molecule has 0 unspecified atom stereocenters. The number of carbonyl (C=O) groups excluding carboxylic acids is 4. The van der Waals surface area contributed by atoms with E-state index in [4.69, 9.17) is 32.5 Å². The minimum absolute atomic E-state index is 0.104. The number of hydrogen-bond donors (Lipinski definition) is 1. The second kappa shape index (κ2) is 8.14. The summed E-state index contributed by atoms with van der Waals surface area (Å²) in [6, 6.07) is 7.41. The van der Waals surface area contributed by atoms with Crippen molar-refractivity contribution >= 4 is 58.4 Å². The zero-order valence-electron chi connectivity index (χ0n) is 17.4. The second-order valence-corrected chi connectivity index (χ2v) is 9.52. The summed E-state index contributed by atoms with van der Waals surface area (Å²) in [4.78, 5) is 51.4. The molecule has 3 fully saturated rings. The number of carbonyl (C=O) groups is 4. The molecule has 11 heteroatoms. The number of halogens is 2. The molecule has 1 N–H and O–H groups in total. The molecule has 2 aromatic rings. The number of fused-ring (bicyclic) bond motifs is 5. The number of alkyl halides is 2. The number of esters is 1. The Bertz CT molecular complexity index is 1120. The average Bonchev–Trinajstić information content (AvgIpc) is 3.52. The predicted octanol–water partition coefficient (Wildman–Crippen LogP) is 2.75. The van der Waals surface area contributed by atoms with Gasteiger partial charge in [0.2, 0.25) is 11.8 Å². The molecule has 6 atom stereocenters. The molecule has 33 heavy (non-hydrogen) atoms. The Hall–Kier alpha value is -2.91. The number of amides is 3. The zero-order valence-corrected chi connectivity index (χ0v) is 18.9. The fraction of sp³-hybridized carbons (Fsp3) is 0.409. The van der Waals surface area contributed by atoms with Gasteiger partial charge >= 0.3 is 5.97 Å². The molecular weight excluding hydrogens is 473 g/mol. The van der Waals surface area contributed by atoms with Gasteiger partial charge in [-0.2, -0.15) is 0 Å². The maximum Gasteiger partial charge on any atom is 0.338 e. The highest BCUT2D eigenvalue weighted by molar-refractivity contribution is 6.32. The number of nitrogens with one attached hydrogen (secondary N) is 1. The van der Waals surface area contributed by atoms with Crippen molar-refractivity contribution in [2.45, 2.75) is 24.1 Å². The summed E-state index contributed by atoms with van der Waals surface area (Å²) in [5.74, 6) is -2.21. The Labute approximate surface area is 198 Å². The van der Waals surface area contributed by atoms with Crippen LogP contribution in [0.2, 0.25) is 0 Å². The van der Waals surface area contributed by atoms with Crippen molar-refractivity contribution in [3.8, 4) is 0 Å². The standard InChI is InChI=1S/C22H19Cl2N3O6/c1-9-6-14(26-33-9)25-15(28)8-32-22(31)10-2-4-11(5-3-10)27-20(29)16-12-7-13(17(16)21(27)30)19(24)18(12)23/h2-6,12-13,16-19H,7-8H2,1H3,(H,25,26,28)/t12-,13-,16-,17+,18-,19+/m1/s1. The van der Waals surface area contributed by atoms with Gasteiger partial charge < -0.3 is 14.6 Å². The van der Waals surface area contributed by atoms with Gasteiger partial charge in [-0.15, -0.1) is 23.2 Å². The van der Waals surface area contributed by atoms with Crippen LogP contribution in [0.5, 0.6) is 0 Å². The molecule has 2 heterocycles. The number of imide groups is 1. The van der Waals surface area contributed by atoms with Crippen molar-refractivity contribution in [3.63, 3.8) is 0 Å². The maximum absolute atomic E-state index is 13.0. The van der Waals surface area contributed by atoms with Gasteiger partial charge in [0.05, 0.1) is 33.8 Å². The van der Waals surface area contributed by atoms with Crippen molar-refractivity contribution < 1.29 is 28.4 Å². The lowest BCUT2D eigenvalue weighted by atomic mass is 9.80. The van der Waals surface area contributed by atoms with Crippen molar-refractivity contribution in [2.24, 2.45) is 23.7 Å². The number of aryl methyl sites for hydroxylation is 1. The van der Waals surface area contributed by atoms with Crippen LogP contribution in [0.3, 0.4) is 0 Å². The second-order valence-electron chi connectivity index (χ2n) is 8.51. The van der Waals surface area contributed by atoms with Gasteiger partial charge in [-0.1, -0.05) is 5.16 Å². The third-order valence-corrected chi connectivity index (χ3v) is 7.90. The van der Waals surface area contributed by atoms with Crippen molar-refractivity contribution in [3.05, 3.63) is 41.7 Å². The zero-order chi connectivity index (χ0) is 23.4. The SMILES string of the molecule is Cc1cc(NC(=O)COC(=O)c2ccc(N3C(=O)[C@@H]4[C@H]5C[C@@H]([C@H](Cl)[C@@H]5Cl)[C@@H]4C3=O)cc2)no1. The largest absolute Gasteiger partial charge is 0.452 e. The van der Waals surface area contributed by atoms with Crippen molar-refractivity contribution in [1.29, 1.82) is 0 Å². The normalized spacial score (nSPS) is 30.0. The van der Waals surface area contributed by atoms with Crippen LogP contribution >= 0.6 is 23.2 Å². The predicted molar refractivity (Wildman–Crippen MR) is 117 cm³/mol. The summed E-state index contributed by atoms with van der Waals surface area (Å²) in [6.45, 7) is 1.16. The first-order chi connectivity index (χ1) is 15.8. The Morgan fingerprint density at radius 2 is 1.73 bits per heavy atom. The topological polar surface area (TPSA) is 119 Å². The summed E-state index contributed by atoms with van der Waals surface area (Å²) < 4.78 is 9.85. The lowest BCUT2D eigenvalue weighted by molar-refractivity contribution is -0.123. The van der Waals surface area contributed by atoms with Crippen molar-refractivity contribution in [1.82, 2.24) is 5.16 Å². The molecule has 1 saturated heterocycles. The Morgan fingerprint density at radius 3 is 2.27 bits per heavy atom. The molecule has 9 nitrogen and oxygen atoms in total. The molecule has 5 rings (SSSR count). The van der Waals surface area contributed by atoms with E-state index < -0.39 is 30.3 Å². The molecule has 2 saturated carbocycles. The number of nitrogens with zero attached hydrogens (tertiary/aromatic N) is 2. The van der Waals surface area contributed by atoms with Crippen LogP contribution < -0.4 is 10.2 Å². The average molecular weight is 492 g/mol. The first-order valence-corrected chi connectivity index (χ1v) is 11.3. The van der Waals surface area contributed by atoms with E-state index in [0.717, 1.165) is 4.90 Å². The van der Waals surface area contributed by atoms with Crippen LogP contribution in [-0.4, -0.2) is 46.2 Å². The third kappa shape index (κ3) is 3.59.